The van der Waals surface area contributed by atoms with Gasteiger partial charge < -0.3 is 19.5 Å². The lowest BCUT2D eigenvalue weighted by Gasteiger charge is -2.21. The van der Waals surface area contributed by atoms with Gasteiger partial charge in [0.05, 0.1) is 31.9 Å². The fourth-order valence-corrected chi connectivity index (χ4v) is 3.59. The van der Waals surface area contributed by atoms with E-state index in [1.807, 2.05) is 48.5 Å². The highest BCUT2D eigenvalue weighted by Gasteiger charge is 2.22. The minimum atomic E-state index is -0.499. The van der Waals surface area contributed by atoms with Gasteiger partial charge in [-0.3, -0.25) is 4.79 Å². The Morgan fingerprint density at radius 1 is 1.03 bits per heavy atom. The fourth-order valence-electron chi connectivity index (χ4n) is 3.59. The molecule has 1 unspecified atom stereocenters. The number of amides is 1. The van der Waals surface area contributed by atoms with Gasteiger partial charge >= 0.3 is 0 Å². The van der Waals surface area contributed by atoms with Crippen LogP contribution in [0.25, 0.3) is 0 Å². The normalized spacial score (nSPS) is 13.7. The average molecular weight is 421 g/mol. The number of benzene rings is 3. The van der Waals surface area contributed by atoms with Crippen LogP contribution in [0.4, 0.5) is 4.39 Å². The van der Waals surface area contributed by atoms with Crippen LogP contribution < -0.4 is 19.5 Å². The second kappa shape index (κ2) is 9.51. The van der Waals surface area contributed by atoms with E-state index in [0.29, 0.717) is 36.9 Å². The highest BCUT2D eigenvalue weighted by atomic mass is 19.1. The Hall–Kier alpha value is -3.54. The van der Waals surface area contributed by atoms with Crippen molar-refractivity contribution >= 4 is 5.91 Å². The zero-order chi connectivity index (χ0) is 21.6. The van der Waals surface area contributed by atoms with E-state index >= 15 is 0 Å². The van der Waals surface area contributed by atoms with Crippen molar-refractivity contribution in [2.24, 2.45) is 0 Å². The maximum absolute atomic E-state index is 13.8. The van der Waals surface area contributed by atoms with Crippen LogP contribution in [0.5, 0.6) is 17.2 Å². The number of hydrogen-bond donors (Lipinski definition) is 1. The van der Waals surface area contributed by atoms with Crippen LogP contribution in [0.1, 0.15) is 33.9 Å². The molecule has 3 aromatic rings. The van der Waals surface area contributed by atoms with Crippen molar-refractivity contribution in [1.29, 1.82) is 0 Å². The predicted molar refractivity (Wildman–Crippen MR) is 115 cm³/mol. The van der Waals surface area contributed by atoms with Crippen molar-refractivity contribution in [3.8, 4) is 17.2 Å². The minimum Gasteiger partial charge on any atom is -0.496 e. The van der Waals surface area contributed by atoms with Crippen LogP contribution in [-0.4, -0.2) is 26.2 Å². The number of halogens is 1. The summed E-state index contributed by atoms with van der Waals surface area (Å²) in [6, 6.07) is 19.1. The van der Waals surface area contributed by atoms with E-state index in [4.69, 9.17) is 14.2 Å². The lowest BCUT2D eigenvalue weighted by Crippen LogP contribution is -2.30. The summed E-state index contributed by atoms with van der Waals surface area (Å²) in [7, 11) is 1.45. The number of hydrogen-bond acceptors (Lipinski definition) is 4. The van der Waals surface area contributed by atoms with Crippen molar-refractivity contribution in [1.82, 2.24) is 5.32 Å². The Bertz CT molecular complexity index is 1050. The van der Waals surface area contributed by atoms with Gasteiger partial charge in [0.1, 0.15) is 11.6 Å². The number of carbonyl (C=O) groups excluding carboxylic acids is 1. The molecule has 1 atom stereocenters. The molecule has 0 spiro atoms. The first-order valence-electron chi connectivity index (χ1n) is 10.2. The molecule has 1 N–H and O–H groups in total. The smallest absolute Gasteiger partial charge is 0.255 e. The second-order valence-corrected chi connectivity index (χ2v) is 7.32. The molecule has 0 aliphatic carbocycles. The first kappa shape index (κ1) is 20.7. The van der Waals surface area contributed by atoms with Crippen LogP contribution in [0.3, 0.4) is 0 Å². The molecule has 1 amide bonds. The summed E-state index contributed by atoms with van der Waals surface area (Å²) in [4.78, 5) is 13.1. The van der Waals surface area contributed by atoms with E-state index in [2.05, 4.69) is 5.32 Å². The average Bonchev–Trinajstić information content (AvgIpc) is 3.04. The van der Waals surface area contributed by atoms with Crippen LogP contribution in [0.15, 0.2) is 66.7 Å². The van der Waals surface area contributed by atoms with Crippen molar-refractivity contribution in [3.63, 3.8) is 0 Å². The number of nitrogens with one attached hydrogen (secondary N) is 1. The van der Waals surface area contributed by atoms with E-state index in [-0.39, 0.29) is 11.6 Å². The van der Waals surface area contributed by atoms with Gasteiger partial charge in [-0.05, 0) is 47.9 Å². The van der Waals surface area contributed by atoms with Gasteiger partial charge in [-0.2, -0.15) is 0 Å². The number of rotatable bonds is 6. The van der Waals surface area contributed by atoms with Gasteiger partial charge in [0.15, 0.2) is 11.5 Å². The molecule has 0 aromatic heterocycles. The second-order valence-electron chi connectivity index (χ2n) is 7.32. The third-order valence-electron chi connectivity index (χ3n) is 5.17. The van der Waals surface area contributed by atoms with Gasteiger partial charge in [-0.25, -0.2) is 4.39 Å². The summed E-state index contributed by atoms with van der Waals surface area (Å²) in [6.45, 7) is 1.18. The third-order valence-corrected chi connectivity index (χ3v) is 5.17. The summed E-state index contributed by atoms with van der Waals surface area (Å²) in [5, 5.41) is 3.04. The molecule has 1 aliphatic rings. The first-order chi connectivity index (χ1) is 15.1. The number of fused-ring (bicyclic) bond motifs is 1. The molecule has 1 heterocycles. The Morgan fingerprint density at radius 2 is 1.81 bits per heavy atom. The fraction of sp³-hybridized carbons (Fsp3) is 0.240. The van der Waals surface area contributed by atoms with E-state index < -0.39 is 11.7 Å². The maximum atomic E-state index is 13.8. The van der Waals surface area contributed by atoms with Crippen molar-refractivity contribution in [2.45, 2.75) is 18.9 Å². The largest absolute Gasteiger partial charge is 0.496 e. The lowest BCUT2D eigenvalue weighted by atomic mass is 9.97. The highest BCUT2D eigenvalue weighted by Crippen LogP contribution is 2.33. The van der Waals surface area contributed by atoms with Crippen LogP contribution in [-0.2, 0) is 6.42 Å². The monoisotopic (exact) mass is 421 g/mol. The highest BCUT2D eigenvalue weighted by molar-refractivity contribution is 5.97. The van der Waals surface area contributed by atoms with Gasteiger partial charge in [0.25, 0.3) is 5.91 Å². The maximum Gasteiger partial charge on any atom is 0.255 e. The van der Waals surface area contributed by atoms with E-state index in [0.717, 1.165) is 17.5 Å². The van der Waals surface area contributed by atoms with E-state index in [9.17, 15) is 9.18 Å². The molecule has 160 valence electrons. The van der Waals surface area contributed by atoms with Crippen molar-refractivity contribution in [2.75, 3.05) is 20.3 Å². The molecular formula is C25H24FNO4. The molecule has 4 rings (SSSR count). The predicted octanol–water partition coefficient (Wildman–Crippen LogP) is 4.71. The summed E-state index contributed by atoms with van der Waals surface area (Å²) in [5.74, 6) is 0.755. The quantitative estimate of drug-likeness (QED) is 0.626. The molecule has 0 saturated heterocycles. The van der Waals surface area contributed by atoms with Gasteiger partial charge in [0.2, 0.25) is 0 Å². The summed E-state index contributed by atoms with van der Waals surface area (Å²) >= 11 is 0. The Kier molecular flexibility index (Phi) is 6.36. The van der Waals surface area contributed by atoms with Crippen molar-refractivity contribution in [3.05, 3.63) is 89.2 Å². The molecule has 3 aromatic carbocycles. The number of ether oxygens (including phenoxy) is 3. The third kappa shape index (κ3) is 4.97. The molecule has 0 bridgehead atoms. The molecule has 5 nitrogen and oxygen atoms in total. The topological polar surface area (TPSA) is 56.8 Å². The Balaban J connectivity index is 1.66. The zero-order valence-corrected chi connectivity index (χ0v) is 17.3. The Morgan fingerprint density at radius 3 is 2.58 bits per heavy atom. The van der Waals surface area contributed by atoms with E-state index in [1.54, 1.807) is 0 Å². The molecule has 0 saturated carbocycles. The molecule has 31 heavy (non-hydrogen) atoms. The van der Waals surface area contributed by atoms with Crippen LogP contribution in [0, 0.1) is 5.82 Å². The molecule has 0 fully saturated rings. The molecule has 1 aliphatic heterocycles. The molecule has 0 radical (unpaired) electrons. The van der Waals surface area contributed by atoms with Crippen LogP contribution >= 0.6 is 0 Å². The summed E-state index contributed by atoms with van der Waals surface area (Å²) < 4.78 is 30.6. The van der Waals surface area contributed by atoms with E-state index in [1.165, 1.54) is 25.3 Å². The molecule has 6 heteroatoms. The van der Waals surface area contributed by atoms with Gasteiger partial charge in [-0.1, -0.05) is 36.4 Å². The summed E-state index contributed by atoms with van der Waals surface area (Å²) in [5.41, 5.74) is 2.08. The van der Waals surface area contributed by atoms with Gasteiger partial charge in [-0.15, -0.1) is 0 Å². The number of methoxy groups -OCH3 is 1. The zero-order valence-electron chi connectivity index (χ0n) is 17.3. The van der Waals surface area contributed by atoms with Crippen molar-refractivity contribution < 1.29 is 23.4 Å². The number of carbonyl (C=O) groups is 1. The minimum absolute atomic E-state index is 0.148. The van der Waals surface area contributed by atoms with Crippen LogP contribution in [0.2, 0.25) is 0 Å². The molecular weight excluding hydrogens is 397 g/mol. The van der Waals surface area contributed by atoms with Gasteiger partial charge in [0, 0.05) is 6.42 Å². The Labute approximate surface area is 180 Å². The summed E-state index contributed by atoms with van der Waals surface area (Å²) in [6.07, 6.45) is 1.37. The lowest BCUT2D eigenvalue weighted by molar-refractivity contribution is 0.0933. The SMILES string of the molecule is COc1ccc(F)cc1C(=O)NC(Cc1ccccc1)c1ccc2c(c1)OCCCO2. The standard InChI is InChI=1S/C25H24FNO4/c1-29-22-11-9-19(26)16-20(22)25(28)27-21(14-17-6-3-2-4-7-17)18-8-10-23-24(15-18)31-13-5-12-30-23/h2-4,6-11,15-16,21H,5,12-14H2,1H3,(H,27,28). The first-order valence-corrected chi connectivity index (χ1v) is 10.2.